The van der Waals surface area contributed by atoms with Crippen LogP contribution in [0.15, 0.2) is 49.1 Å². The summed E-state index contributed by atoms with van der Waals surface area (Å²) in [4.78, 5) is 29.7. The molecule has 0 atom stereocenters. The molecule has 0 saturated heterocycles. The van der Waals surface area contributed by atoms with E-state index in [0.29, 0.717) is 18.3 Å². The van der Waals surface area contributed by atoms with Crippen LogP contribution in [0.25, 0.3) is 17.2 Å². The Hall–Kier alpha value is -3.74. The topological polar surface area (TPSA) is 68.8 Å². The van der Waals surface area contributed by atoms with Gasteiger partial charge in [-0.2, -0.15) is 0 Å². The summed E-state index contributed by atoms with van der Waals surface area (Å²) in [5, 5.41) is 0. The summed E-state index contributed by atoms with van der Waals surface area (Å²) in [6.07, 6.45) is 12.7. The maximum Gasteiger partial charge on any atom is 0.259 e. The fourth-order valence-corrected chi connectivity index (χ4v) is 5.54. The molecule has 0 N–H and O–H groups in total. The summed E-state index contributed by atoms with van der Waals surface area (Å²) in [7, 11) is 0. The standard InChI is InChI=1S/C28H28N6O/c1-18-13-20-10-12-34(28(35)22(20)14-25(18)32-16-24(30-17-32)19-8-9-19)26-7-4-6-23(31-26)27-29-15-21-5-2-3-11-33(21)27/h4,6-7,13-17,19H,2-3,5,8-12H2,1H3. The molecule has 4 aromatic rings. The Morgan fingerprint density at radius 2 is 1.94 bits per heavy atom. The molecule has 7 nitrogen and oxygen atoms in total. The summed E-state index contributed by atoms with van der Waals surface area (Å²) >= 11 is 0. The second-order valence-electron chi connectivity index (χ2n) is 10.0. The monoisotopic (exact) mass is 464 g/mol. The molecule has 3 aromatic heterocycles. The molecule has 1 amide bonds. The van der Waals surface area contributed by atoms with Crippen molar-refractivity contribution in [3.05, 3.63) is 77.1 Å². The molecule has 1 fully saturated rings. The zero-order valence-electron chi connectivity index (χ0n) is 19.9. The van der Waals surface area contributed by atoms with Crippen LogP contribution in [0, 0.1) is 6.92 Å². The Morgan fingerprint density at radius 3 is 2.83 bits per heavy atom. The van der Waals surface area contributed by atoms with Crippen molar-refractivity contribution in [1.29, 1.82) is 0 Å². The van der Waals surface area contributed by atoms with Crippen LogP contribution < -0.4 is 4.90 Å². The van der Waals surface area contributed by atoms with Crippen molar-refractivity contribution in [3.8, 4) is 17.2 Å². The van der Waals surface area contributed by atoms with Gasteiger partial charge in [0, 0.05) is 42.7 Å². The third kappa shape index (κ3) is 3.49. The number of anilines is 1. The van der Waals surface area contributed by atoms with Crippen LogP contribution in [0.4, 0.5) is 5.82 Å². The van der Waals surface area contributed by atoms with E-state index in [1.807, 2.05) is 41.7 Å². The highest BCUT2D eigenvalue weighted by molar-refractivity contribution is 6.08. The lowest BCUT2D eigenvalue weighted by atomic mass is 9.95. The van der Waals surface area contributed by atoms with Crippen molar-refractivity contribution in [1.82, 2.24) is 24.1 Å². The summed E-state index contributed by atoms with van der Waals surface area (Å²) < 4.78 is 4.34. The third-order valence-electron chi connectivity index (χ3n) is 7.62. The van der Waals surface area contributed by atoms with Crippen LogP contribution in [-0.2, 0) is 19.4 Å². The van der Waals surface area contributed by atoms with E-state index in [1.54, 1.807) is 0 Å². The lowest BCUT2D eigenvalue weighted by Gasteiger charge is -2.29. The molecule has 7 rings (SSSR count). The fraction of sp³-hybridized carbons (Fsp3) is 0.357. The van der Waals surface area contributed by atoms with Crippen LogP contribution in [-0.4, -0.2) is 36.5 Å². The number of pyridine rings is 1. The fourth-order valence-electron chi connectivity index (χ4n) is 5.54. The van der Waals surface area contributed by atoms with Gasteiger partial charge in [0.1, 0.15) is 11.5 Å². The Labute approximate surface area is 204 Å². The van der Waals surface area contributed by atoms with E-state index in [0.717, 1.165) is 65.4 Å². The normalized spacial score (nSPS) is 17.4. The van der Waals surface area contributed by atoms with Gasteiger partial charge in [0.15, 0.2) is 5.82 Å². The number of benzene rings is 1. The minimum atomic E-state index is 0.00447. The largest absolute Gasteiger partial charge is 0.327 e. The van der Waals surface area contributed by atoms with Crippen LogP contribution in [0.2, 0.25) is 0 Å². The molecule has 0 radical (unpaired) electrons. The van der Waals surface area contributed by atoms with E-state index >= 15 is 0 Å². The van der Waals surface area contributed by atoms with E-state index in [-0.39, 0.29) is 5.91 Å². The van der Waals surface area contributed by atoms with Crippen LogP contribution >= 0.6 is 0 Å². The van der Waals surface area contributed by atoms with Crippen molar-refractivity contribution < 1.29 is 4.79 Å². The van der Waals surface area contributed by atoms with Gasteiger partial charge >= 0.3 is 0 Å². The molecule has 35 heavy (non-hydrogen) atoms. The molecule has 2 aliphatic heterocycles. The van der Waals surface area contributed by atoms with Gasteiger partial charge in [-0.05, 0) is 74.8 Å². The summed E-state index contributed by atoms with van der Waals surface area (Å²) in [5.41, 5.74) is 7.28. The Bertz CT molecular complexity index is 1460. The van der Waals surface area contributed by atoms with Gasteiger partial charge in [-0.25, -0.2) is 15.0 Å². The molecule has 7 heteroatoms. The number of fused-ring (bicyclic) bond motifs is 2. The lowest BCUT2D eigenvalue weighted by Crippen LogP contribution is -2.38. The number of nitrogens with zero attached hydrogens (tertiary/aromatic N) is 6. The average Bonchev–Trinajstić information content (AvgIpc) is 3.45. The summed E-state index contributed by atoms with van der Waals surface area (Å²) in [6, 6.07) is 10.1. The quantitative estimate of drug-likeness (QED) is 0.433. The van der Waals surface area contributed by atoms with Crippen molar-refractivity contribution in [2.45, 2.75) is 57.9 Å². The van der Waals surface area contributed by atoms with Crippen molar-refractivity contribution in [2.75, 3.05) is 11.4 Å². The van der Waals surface area contributed by atoms with Crippen molar-refractivity contribution in [3.63, 3.8) is 0 Å². The Balaban J connectivity index is 1.22. The molecule has 1 aliphatic carbocycles. The zero-order chi connectivity index (χ0) is 23.5. The third-order valence-corrected chi connectivity index (χ3v) is 7.62. The first-order valence-electron chi connectivity index (χ1n) is 12.7. The second kappa shape index (κ2) is 7.90. The van der Waals surface area contributed by atoms with Crippen molar-refractivity contribution >= 4 is 11.7 Å². The molecule has 0 spiro atoms. The molecule has 176 valence electrons. The number of rotatable bonds is 4. The van der Waals surface area contributed by atoms with Gasteiger partial charge in [-0.1, -0.05) is 12.1 Å². The van der Waals surface area contributed by atoms with Gasteiger partial charge < -0.3 is 9.13 Å². The predicted molar refractivity (Wildman–Crippen MR) is 134 cm³/mol. The number of carbonyl (C=O) groups is 1. The number of aryl methyl sites for hydroxylation is 2. The first-order valence-corrected chi connectivity index (χ1v) is 12.7. The minimum absolute atomic E-state index is 0.00447. The van der Waals surface area contributed by atoms with Gasteiger partial charge in [-0.15, -0.1) is 0 Å². The molecule has 0 unspecified atom stereocenters. The van der Waals surface area contributed by atoms with Gasteiger partial charge in [0.25, 0.3) is 5.91 Å². The summed E-state index contributed by atoms with van der Waals surface area (Å²) in [5.74, 6) is 2.19. The smallest absolute Gasteiger partial charge is 0.259 e. The SMILES string of the molecule is Cc1cc2c(cc1-n1cnc(C3CC3)c1)C(=O)N(c1cccc(-c3ncc4n3CCCC4)n1)CC2. The first kappa shape index (κ1) is 20.6. The van der Waals surface area contributed by atoms with Crippen LogP contribution in [0.3, 0.4) is 0 Å². The minimum Gasteiger partial charge on any atom is -0.327 e. The molecule has 1 saturated carbocycles. The zero-order valence-corrected chi connectivity index (χ0v) is 19.9. The molecule has 3 aliphatic rings. The highest BCUT2D eigenvalue weighted by Gasteiger charge is 2.29. The first-order chi connectivity index (χ1) is 17.2. The highest BCUT2D eigenvalue weighted by Crippen LogP contribution is 2.39. The van der Waals surface area contributed by atoms with E-state index < -0.39 is 0 Å². The number of hydrogen-bond donors (Lipinski definition) is 0. The van der Waals surface area contributed by atoms with E-state index in [9.17, 15) is 4.79 Å². The van der Waals surface area contributed by atoms with E-state index in [1.165, 1.54) is 25.0 Å². The van der Waals surface area contributed by atoms with Crippen LogP contribution in [0.5, 0.6) is 0 Å². The maximum absolute atomic E-state index is 13.7. The van der Waals surface area contributed by atoms with Gasteiger partial charge in [0.2, 0.25) is 0 Å². The Morgan fingerprint density at radius 1 is 1.03 bits per heavy atom. The predicted octanol–water partition coefficient (Wildman–Crippen LogP) is 4.86. The highest BCUT2D eigenvalue weighted by atomic mass is 16.2. The second-order valence-corrected chi connectivity index (χ2v) is 10.0. The van der Waals surface area contributed by atoms with E-state index in [4.69, 9.17) is 4.98 Å². The van der Waals surface area contributed by atoms with Crippen molar-refractivity contribution in [2.24, 2.45) is 0 Å². The summed E-state index contributed by atoms with van der Waals surface area (Å²) in [6.45, 7) is 3.71. The molecule has 0 bridgehead atoms. The number of carbonyl (C=O) groups excluding carboxylic acids is 1. The molecule has 5 heterocycles. The van der Waals surface area contributed by atoms with Gasteiger partial charge in [0.05, 0.1) is 17.7 Å². The number of imidazole rings is 2. The average molecular weight is 465 g/mol. The molecular weight excluding hydrogens is 436 g/mol. The molecular formula is C28H28N6O. The Kier molecular flexibility index (Phi) is 4.65. The number of aromatic nitrogens is 5. The van der Waals surface area contributed by atoms with Crippen LogP contribution in [0.1, 0.15) is 64.5 Å². The number of hydrogen-bond acceptors (Lipinski definition) is 4. The lowest BCUT2D eigenvalue weighted by molar-refractivity contribution is 0.0980. The maximum atomic E-state index is 13.7. The van der Waals surface area contributed by atoms with Gasteiger partial charge in [-0.3, -0.25) is 9.69 Å². The van der Waals surface area contributed by atoms with E-state index in [2.05, 4.69) is 38.3 Å². The molecule has 1 aromatic carbocycles. The number of amides is 1.